The second kappa shape index (κ2) is 2.50. The molecule has 0 spiro atoms. The lowest BCUT2D eigenvalue weighted by Crippen LogP contribution is -2.37. The van der Waals surface area contributed by atoms with Gasteiger partial charge in [-0.15, -0.1) is 6.58 Å². The molecule has 1 aliphatic heterocycles. The maximum absolute atomic E-state index is 5.30. The first-order valence-electron chi connectivity index (χ1n) is 2.78. The van der Waals surface area contributed by atoms with Gasteiger partial charge >= 0.3 is 0 Å². The predicted octanol–water partition coefficient (Wildman–Crippen LogP) is -0.689. The Morgan fingerprint density at radius 2 is 2.67 bits per heavy atom. The molecule has 4 heteroatoms. The van der Waals surface area contributed by atoms with Gasteiger partial charge in [-0.05, 0) is 0 Å². The van der Waals surface area contributed by atoms with Crippen LogP contribution in [0.25, 0.3) is 0 Å². The maximum atomic E-state index is 5.30. The maximum Gasteiger partial charge on any atom is 0.204 e. The summed E-state index contributed by atoms with van der Waals surface area (Å²) in [6, 6.07) is 0. The highest BCUT2D eigenvalue weighted by Crippen LogP contribution is 1.95. The molecule has 0 saturated heterocycles. The van der Waals surface area contributed by atoms with Crippen LogP contribution < -0.4 is 16.6 Å². The Bertz CT molecular complexity index is 140. The first kappa shape index (κ1) is 6.10. The molecular weight excluding hydrogens is 116 g/mol. The molecule has 0 aromatic rings. The van der Waals surface area contributed by atoms with Crippen LogP contribution in [-0.4, -0.2) is 12.1 Å². The van der Waals surface area contributed by atoms with Crippen molar-refractivity contribution in [1.29, 1.82) is 0 Å². The van der Waals surface area contributed by atoms with E-state index in [-0.39, 0.29) is 6.17 Å². The van der Waals surface area contributed by atoms with Gasteiger partial charge in [0, 0.05) is 6.42 Å². The zero-order valence-corrected chi connectivity index (χ0v) is 5.09. The van der Waals surface area contributed by atoms with E-state index in [2.05, 4.69) is 22.4 Å². The second-order valence-corrected chi connectivity index (χ2v) is 1.82. The van der Waals surface area contributed by atoms with E-state index in [0.29, 0.717) is 5.96 Å². The Morgan fingerprint density at radius 1 is 1.89 bits per heavy atom. The molecule has 1 unspecified atom stereocenters. The lowest BCUT2D eigenvalue weighted by molar-refractivity contribution is 0.553. The van der Waals surface area contributed by atoms with Gasteiger partial charge in [0.05, 0.1) is 0 Å². The largest absolute Gasteiger partial charge is 0.369 e. The molecule has 0 radical (unpaired) electrons. The molecule has 50 valence electrons. The van der Waals surface area contributed by atoms with Gasteiger partial charge in [-0.2, -0.15) is 0 Å². The summed E-state index contributed by atoms with van der Waals surface area (Å²) in [5.74, 6) is 0.446. The molecule has 0 amide bonds. The van der Waals surface area contributed by atoms with E-state index in [1.54, 1.807) is 6.08 Å². The number of nitrogens with two attached hydrogens (primary N) is 1. The molecule has 9 heavy (non-hydrogen) atoms. The SMILES string of the molecule is C=CCC1N=C(N)NN1. The molecule has 1 aliphatic rings. The minimum atomic E-state index is 0.0718. The van der Waals surface area contributed by atoms with Crippen molar-refractivity contribution in [1.82, 2.24) is 10.9 Å². The zero-order chi connectivity index (χ0) is 6.69. The van der Waals surface area contributed by atoms with Gasteiger partial charge in [0.2, 0.25) is 5.96 Å². The highest BCUT2D eigenvalue weighted by Gasteiger charge is 2.10. The molecule has 1 atom stereocenters. The molecule has 0 fully saturated rings. The molecule has 0 aromatic carbocycles. The normalized spacial score (nSPS) is 24.9. The molecule has 4 nitrogen and oxygen atoms in total. The highest BCUT2D eigenvalue weighted by atomic mass is 15.5. The fourth-order valence-corrected chi connectivity index (χ4v) is 0.659. The van der Waals surface area contributed by atoms with Gasteiger partial charge in [0.1, 0.15) is 6.17 Å². The Morgan fingerprint density at radius 3 is 3.11 bits per heavy atom. The number of hydrazine groups is 1. The molecule has 1 rings (SSSR count). The molecular formula is C5H10N4. The van der Waals surface area contributed by atoms with Gasteiger partial charge in [-0.25, -0.2) is 10.4 Å². The second-order valence-electron chi connectivity index (χ2n) is 1.82. The quantitative estimate of drug-likeness (QED) is 0.429. The number of guanidine groups is 1. The summed E-state index contributed by atoms with van der Waals surface area (Å²) < 4.78 is 0. The number of nitrogens with one attached hydrogen (secondary N) is 2. The minimum absolute atomic E-state index is 0.0718. The highest BCUT2D eigenvalue weighted by molar-refractivity contribution is 5.78. The molecule has 4 N–H and O–H groups in total. The van der Waals surface area contributed by atoms with Gasteiger partial charge in [0.25, 0.3) is 0 Å². The van der Waals surface area contributed by atoms with Crippen LogP contribution in [0.4, 0.5) is 0 Å². The van der Waals surface area contributed by atoms with Gasteiger partial charge in [-0.3, -0.25) is 5.43 Å². The number of hydrogen-bond acceptors (Lipinski definition) is 4. The third-order valence-corrected chi connectivity index (χ3v) is 1.05. The third kappa shape index (κ3) is 1.43. The minimum Gasteiger partial charge on any atom is -0.369 e. The predicted molar refractivity (Wildman–Crippen MR) is 36.5 cm³/mol. The van der Waals surface area contributed by atoms with E-state index in [1.807, 2.05) is 0 Å². The summed E-state index contributed by atoms with van der Waals surface area (Å²) in [6.07, 6.45) is 2.66. The lowest BCUT2D eigenvalue weighted by Gasteiger charge is -2.00. The van der Waals surface area contributed by atoms with E-state index in [9.17, 15) is 0 Å². The summed E-state index contributed by atoms with van der Waals surface area (Å²) >= 11 is 0. The van der Waals surface area contributed by atoms with Crippen molar-refractivity contribution in [3.05, 3.63) is 12.7 Å². The Labute approximate surface area is 53.8 Å². The fraction of sp³-hybridized carbons (Fsp3) is 0.400. The standard InChI is InChI=1S/C5H10N4/c1-2-3-4-7-5(6)9-8-4/h2,4,8H,1,3H2,(H3,6,7,9). The van der Waals surface area contributed by atoms with Crippen LogP contribution in [0.3, 0.4) is 0 Å². The number of rotatable bonds is 2. The van der Waals surface area contributed by atoms with Crippen molar-refractivity contribution in [2.24, 2.45) is 10.7 Å². The number of hydrogen-bond donors (Lipinski definition) is 3. The summed E-state index contributed by atoms with van der Waals surface area (Å²) in [4.78, 5) is 3.98. The lowest BCUT2D eigenvalue weighted by atomic mass is 10.4. The fourth-order valence-electron chi connectivity index (χ4n) is 0.659. The number of aliphatic imine (C=N–C) groups is 1. The van der Waals surface area contributed by atoms with Crippen molar-refractivity contribution in [3.8, 4) is 0 Å². The van der Waals surface area contributed by atoms with Crippen LogP contribution in [0.2, 0.25) is 0 Å². The summed E-state index contributed by atoms with van der Waals surface area (Å²) in [5, 5.41) is 0. The van der Waals surface area contributed by atoms with Gasteiger partial charge in [0.15, 0.2) is 0 Å². The average molecular weight is 126 g/mol. The topological polar surface area (TPSA) is 62.4 Å². The average Bonchev–Trinajstić information content (AvgIpc) is 2.17. The van der Waals surface area contributed by atoms with Crippen LogP contribution in [-0.2, 0) is 0 Å². The van der Waals surface area contributed by atoms with Crippen LogP contribution in [0.1, 0.15) is 6.42 Å². The zero-order valence-electron chi connectivity index (χ0n) is 5.09. The van der Waals surface area contributed by atoms with Crippen molar-refractivity contribution < 1.29 is 0 Å². The summed E-state index contributed by atoms with van der Waals surface area (Å²) in [7, 11) is 0. The van der Waals surface area contributed by atoms with Crippen molar-refractivity contribution in [2.75, 3.05) is 0 Å². The molecule has 1 heterocycles. The van der Waals surface area contributed by atoms with Crippen LogP contribution in [0.5, 0.6) is 0 Å². The Hall–Kier alpha value is -1.03. The van der Waals surface area contributed by atoms with Crippen molar-refractivity contribution in [3.63, 3.8) is 0 Å². The Kier molecular flexibility index (Phi) is 1.69. The van der Waals surface area contributed by atoms with Crippen LogP contribution in [0.15, 0.2) is 17.6 Å². The van der Waals surface area contributed by atoms with E-state index < -0.39 is 0 Å². The van der Waals surface area contributed by atoms with E-state index in [1.165, 1.54) is 0 Å². The smallest absolute Gasteiger partial charge is 0.204 e. The third-order valence-electron chi connectivity index (χ3n) is 1.05. The summed E-state index contributed by atoms with van der Waals surface area (Å²) in [5.41, 5.74) is 10.8. The van der Waals surface area contributed by atoms with Crippen molar-refractivity contribution >= 4 is 5.96 Å². The first-order valence-corrected chi connectivity index (χ1v) is 2.78. The van der Waals surface area contributed by atoms with Gasteiger partial charge in [-0.1, -0.05) is 6.08 Å². The molecule has 0 saturated carbocycles. The van der Waals surface area contributed by atoms with Gasteiger partial charge < -0.3 is 5.73 Å². The molecule has 0 aliphatic carbocycles. The van der Waals surface area contributed by atoms with E-state index in [4.69, 9.17) is 5.73 Å². The van der Waals surface area contributed by atoms with E-state index >= 15 is 0 Å². The number of nitrogens with zero attached hydrogens (tertiary/aromatic N) is 1. The Balaban J connectivity index is 2.37. The molecule has 0 aromatic heterocycles. The monoisotopic (exact) mass is 126 g/mol. The van der Waals surface area contributed by atoms with E-state index in [0.717, 1.165) is 6.42 Å². The van der Waals surface area contributed by atoms with Crippen LogP contribution >= 0.6 is 0 Å². The van der Waals surface area contributed by atoms with Crippen molar-refractivity contribution in [2.45, 2.75) is 12.6 Å². The van der Waals surface area contributed by atoms with Crippen LogP contribution in [0, 0.1) is 0 Å². The first-order chi connectivity index (χ1) is 4.33. The molecule has 0 bridgehead atoms. The summed E-state index contributed by atoms with van der Waals surface area (Å²) in [6.45, 7) is 3.57.